The molecule has 1 aliphatic heterocycles. The summed E-state index contributed by atoms with van der Waals surface area (Å²) < 4.78 is 4.61. The first-order valence-corrected chi connectivity index (χ1v) is 7.05. The van der Waals surface area contributed by atoms with Crippen LogP contribution in [-0.4, -0.2) is 71.7 Å². The molecular formula is C13H17ClN4O3. The van der Waals surface area contributed by atoms with Gasteiger partial charge in [-0.2, -0.15) is 0 Å². The largest absolute Gasteiger partial charge is 0.469 e. The quantitative estimate of drug-likeness (QED) is 0.752. The molecular weight excluding hydrogens is 296 g/mol. The molecule has 0 N–H and O–H groups in total. The Morgan fingerprint density at radius 1 is 1.24 bits per heavy atom. The van der Waals surface area contributed by atoms with Crippen LogP contribution in [0.5, 0.6) is 0 Å². The molecule has 0 unspecified atom stereocenters. The maximum Gasteiger partial charge on any atom is 0.306 e. The molecule has 1 aromatic rings. The molecule has 1 saturated heterocycles. The number of ether oxygens (including phenoxy) is 1. The SMILES string of the molecule is COC(=O)CCN1CCN(C(=O)c2ccc(Cl)nn2)CC1. The fourth-order valence-corrected chi connectivity index (χ4v) is 2.22. The molecule has 7 nitrogen and oxygen atoms in total. The van der Waals surface area contributed by atoms with Gasteiger partial charge in [-0.1, -0.05) is 11.6 Å². The molecule has 0 atom stereocenters. The van der Waals surface area contributed by atoms with E-state index in [9.17, 15) is 9.59 Å². The zero-order valence-electron chi connectivity index (χ0n) is 11.8. The summed E-state index contributed by atoms with van der Waals surface area (Å²) in [5.41, 5.74) is 0.294. The summed E-state index contributed by atoms with van der Waals surface area (Å²) in [4.78, 5) is 27.2. The van der Waals surface area contributed by atoms with Gasteiger partial charge in [-0.25, -0.2) is 0 Å². The van der Waals surface area contributed by atoms with Gasteiger partial charge in [-0.15, -0.1) is 10.2 Å². The van der Waals surface area contributed by atoms with E-state index in [2.05, 4.69) is 19.8 Å². The zero-order valence-corrected chi connectivity index (χ0v) is 12.5. The van der Waals surface area contributed by atoms with Crippen LogP contribution in [0.15, 0.2) is 12.1 Å². The lowest BCUT2D eigenvalue weighted by Gasteiger charge is -2.34. The van der Waals surface area contributed by atoms with E-state index < -0.39 is 0 Å². The second-order valence-electron chi connectivity index (χ2n) is 4.70. The lowest BCUT2D eigenvalue weighted by atomic mass is 10.2. The summed E-state index contributed by atoms with van der Waals surface area (Å²) >= 11 is 5.65. The number of piperazine rings is 1. The number of amides is 1. The highest BCUT2D eigenvalue weighted by atomic mass is 35.5. The van der Waals surface area contributed by atoms with Crippen LogP contribution in [0.3, 0.4) is 0 Å². The predicted molar refractivity (Wildman–Crippen MR) is 76.0 cm³/mol. The van der Waals surface area contributed by atoms with E-state index in [1.165, 1.54) is 7.11 Å². The number of hydrogen-bond donors (Lipinski definition) is 0. The zero-order chi connectivity index (χ0) is 15.2. The number of methoxy groups -OCH3 is 1. The monoisotopic (exact) mass is 312 g/mol. The van der Waals surface area contributed by atoms with E-state index in [-0.39, 0.29) is 17.0 Å². The van der Waals surface area contributed by atoms with Crippen molar-refractivity contribution < 1.29 is 14.3 Å². The highest BCUT2D eigenvalue weighted by molar-refractivity contribution is 6.29. The standard InChI is InChI=1S/C13H17ClN4O3/c1-21-12(19)4-5-17-6-8-18(9-7-17)13(20)10-2-3-11(14)16-15-10/h2-3H,4-9H2,1H3. The molecule has 0 aliphatic carbocycles. The predicted octanol–water partition coefficient (Wildman–Crippen LogP) is 0.451. The van der Waals surface area contributed by atoms with Gasteiger partial charge in [0, 0.05) is 32.7 Å². The fraction of sp³-hybridized carbons (Fsp3) is 0.538. The Hall–Kier alpha value is -1.73. The molecule has 0 radical (unpaired) electrons. The number of hydrogen-bond acceptors (Lipinski definition) is 6. The minimum atomic E-state index is -0.218. The van der Waals surface area contributed by atoms with Crippen LogP contribution in [0.25, 0.3) is 0 Å². The fourth-order valence-electron chi connectivity index (χ4n) is 2.12. The maximum atomic E-state index is 12.2. The lowest BCUT2D eigenvalue weighted by Crippen LogP contribution is -2.49. The smallest absolute Gasteiger partial charge is 0.306 e. The van der Waals surface area contributed by atoms with Crippen LogP contribution in [-0.2, 0) is 9.53 Å². The Bertz CT molecular complexity index is 501. The average molecular weight is 313 g/mol. The van der Waals surface area contributed by atoms with Crippen molar-refractivity contribution in [2.45, 2.75) is 6.42 Å². The Balaban J connectivity index is 1.82. The van der Waals surface area contributed by atoms with Crippen LogP contribution in [0.2, 0.25) is 5.15 Å². The summed E-state index contributed by atoms with van der Waals surface area (Å²) in [5.74, 6) is -0.364. The molecule has 0 bridgehead atoms. The second kappa shape index (κ2) is 7.33. The Morgan fingerprint density at radius 2 is 1.95 bits per heavy atom. The molecule has 0 aromatic carbocycles. The van der Waals surface area contributed by atoms with E-state index >= 15 is 0 Å². The topological polar surface area (TPSA) is 75.6 Å². The first-order chi connectivity index (χ1) is 10.1. The van der Waals surface area contributed by atoms with E-state index in [0.29, 0.717) is 31.7 Å². The maximum absolute atomic E-state index is 12.2. The highest BCUT2D eigenvalue weighted by Crippen LogP contribution is 2.09. The molecule has 0 saturated carbocycles. The number of carbonyl (C=O) groups is 2. The van der Waals surface area contributed by atoms with Crippen LogP contribution in [0, 0.1) is 0 Å². The number of rotatable bonds is 4. The molecule has 1 amide bonds. The summed E-state index contributed by atoms with van der Waals surface area (Å²) in [6.45, 7) is 3.30. The van der Waals surface area contributed by atoms with Crippen molar-refractivity contribution in [3.63, 3.8) is 0 Å². The van der Waals surface area contributed by atoms with Gasteiger partial charge < -0.3 is 9.64 Å². The Kier molecular flexibility index (Phi) is 5.46. The van der Waals surface area contributed by atoms with Crippen molar-refractivity contribution in [2.75, 3.05) is 39.8 Å². The average Bonchev–Trinajstić information content (AvgIpc) is 2.53. The second-order valence-corrected chi connectivity index (χ2v) is 5.09. The van der Waals surface area contributed by atoms with Crippen LogP contribution in [0.4, 0.5) is 0 Å². The van der Waals surface area contributed by atoms with Gasteiger partial charge in [0.25, 0.3) is 5.91 Å². The van der Waals surface area contributed by atoms with Crippen molar-refractivity contribution in [1.29, 1.82) is 0 Å². The summed E-state index contributed by atoms with van der Waals surface area (Å²) in [6, 6.07) is 3.12. The minimum Gasteiger partial charge on any atom is -0.469 e. The van der Waals surface area contributed by atoms with Crippen molar-refractivity contribution in [3.8, 4) is 0 Å². The summed E-state index contributed by atoms with van der Waals surface area (Å²) in [6.07, 6.45) is 0.368. The van der Waals surface area contributed by atoms with Crippen molar-refractivity contribution >= 4 is 23.5 Å². The van der Waals surface area contributed by atoms with Gasteiger partial charge in [0.2, 0.25) is 0 Å². The third-order valence-electron chi connectivity index (χ3n) is 3.37. The highest BCUT2D eigenvalue weighted by Gasteiger charge is 2.23. The molecule has 2 rings (SSSR count). The summed E-state index contributed by atoms with van der Waals surface area (Å²) in [7, 11) is 1.38. The van der Waals surface area contributed by atoms with Crippen molar-refractivity contribution in [1.82, 2.24) is 20.0 Å². The first-order valence-electron chi connectivity index (χ1n) is 6.68. The van der Waals surface area contributed by atoms with E-state index in [4.69, 9.17) is 11.6 Å². The van der Waals surface area contributed by atoms with Gasteiger partial charge in [0.1, 0.15) is 0 Å². The van der Waals surface area contributed by atoms with Gasteiger partial charge in [-0.05, 0) is 12.1 Å². The van der Waals surface area contributed by atoms with Gasteiger partial charge in [0.05, 0.1) is 13.5 Å². The molecule has 0 spiro atoms. The van der Waals surface area contributed by atoms with Crippen molar-refractivity contribution in [3.05, 3.63) is 23.0 Å². The van der Waals surface area contributed by atoms with Crippen LogP contribution >= 0.6 is 11.6 Å². The third-order valence-corrected chi connectivity index (χ3v) is 3.57. The number of esters is 1. The van der Waals surface area contributed by atoms with E-state index in [0.717, 1.165) is 13.1 Å². The molecule has 1 aliphatic rings. The van der Waals surface area contributed by atoms with E-state index in [1.807, 2.05) is 0 Å². The Morgan fingerprint density at radius 3 is 2.52 bits per heavy atom. The molecule has 2 heterocycles. The molecule has 1 fully saturated rings. The van der Waals surface area contributed by atoms with Crippen molar-refractivity contribution in [2.24, 2.45) is 0 Å². The number of carbonyl (C=O) groups excluding carboxylic acids is 2. The van der Waals surface area contributed by atoms with Crippen LogP contribution < -0.4 is 0 Å². The Labute approximate surface area is 127 Å². The van der Waals surface area contributed by atoms with Crippen LogP contribution in [0.1, 0.15) is 16.9 Å². The third kappa shape index (κ3) is 4.37. The molecule has 1 aromatic heterocycles. The minimum absolute atomic E-state index is 0.146. The molecule has 8 heteroatoms. The van der Waals surface area contributed by atoms with E-state index in [1.54, 1.807) is 17.0 Å². The van der Waals surface area contributed by atoms with Gasteiger partial charge in [-0.3, -0.25) is 14.5 Å². The number of nitrogens with zero attached hydrogens (tertiary/aromatic N) is 4. The number of halogens is 1. The van der Waals surface area contributed by atoms with Gasteiger partial charge >= 0.3 is 5.97 Å². The molecule has 21 heavy (non-hydrogen) atoms. The lowest BCUT2D eigenvalue weighted by molar-refractivity contribution is -0.141. The normalized spacial score (nSPS) is 15.8. The molecule has 114 valence electrons. The number of aromatic nitrogens is 2. The van der Waals surface area contributed by atoms with Gasteiger partial charge in [0.15, 0.2) is 10.8 Å². The summed E-state index contributed by atoms with van der Waals surface area (Å²) in [5, 5.41) is 7.73. The first kappa shape index (κ1) is 15.7.